The van der Waals surface area contributed by atoms with Crippen LogP contribution in [0.1, 0.15) is 16.8 Å². The number of ether oxygens (including phenoxy) is 1. The summed E-state index contributed by atoms with van der Waals surface area (Å²) in [5, 5.41) is 13.8. The van der Waals surface area contributed by atoms with Crippen molar-refractivity contribution in [2.45, 2.75) is 6.42 Å². The van der Waals surface area contributed by atoms with Gasteiger partial charge in [-0.15, -0.1) is 0 Å². The lowest BCUT2D eigenvalue weighted by Gasteiger charge is -2.09. The zero-order valence-corrected chi connectivity index (χ0v) is 12.2. The number of urea groups is 1. The molecule has 1 rings (SSSR count). The number of carboxylic acids is 1. The summed E-state index contributed by atoms with van der Waals surface area (Å²) in [6, 6.07) is 3.71. The molecule has 1 aromatic rings. The Morgan fingerprint density at radius 2 is 2.05 bits per heavy atom. The van der Waals surface area contributed by atoms with E-state index < -0.39 is 18.0 Å². The molecule has 0 aliphatic heterocycles. The van der Waals surface area contributed by atoms with Gasteiger partial charge < -0.3 is 20.5 Å². The molecule has 0 heterocycles. The first-order valence-corrected chi connectivity index (χ1v) is 6.38. The fourth-order valence-corrected chi connectivity index (χ4v) is 1.65. The lowest BCUT2D eigenvalue weighted by atomic mass is 10.2. The first kappa shape index (κ1) is 16.0. The van der Waals surface area contributed by atoms with Gasteiger partial charge in [-0.3, -0.25) is 4.79 Å². The highest BCUT2D eigenvalue weighted by atomic mass is 79.9. The first-order valence-electron chi connectivity index (χ1n) is 5.58. The molecule has 0 aliphatic carbocycles. The van der Waals surface area contributed by atoms with Crippen LogP contribution in [-0.4, -0.2) is 36.7 Å². The summed E-state index contributed by atoms with van der Waals surface area (Å²) in [4.78, 5) is 33.3. The molecule has 0 saturated carbocycles. The van der Waals surface area contributed by atoms with Gasteiger partial charge in [0.2, 0.25) is 0 Å². The third-order valence-electron chi connectivity index (χ3n) is 2.30. The van der Waals surface area contributed by atoms with Crippen molar-refractivity contribution < 1.29 is 24.2 Å². The van der Waals surface area contributed by atoms with Gasteiger partial charge >= 0.3 is 18.0 Å². The molecule has 0 radical (unpaired) electrons. The molecule has 0 atom stereocenters. The molecule has 20 heavy (non-hydrogen) atoms. The minimum Gasteiger partial charge on any atom is -0.478 e. The minimum absolute atomic E-state index is 0.0538. The molecule has 0 spiro atoms. The van der Waals surface area contributed by atoms with E-state index in [1.165, 1.54) is 25.3 Å². The van der Waals surface area contributed by atoms with Crippen LogP contribution in [0, 0.1) is 0 Å². The predicted octanol–water partition coefficient (Wildman–Crippen LogP) is 1.83. The smallest absolute Gasteiger partial charge is 0.335 e. The summed E-state index contributed by atoms with van der Waals surface area (Å²) in [6.45, 7) is 0.120. The highest BCUT2D eigenvalue weighted by molar-refractivity contribution is 9.10. The van der Waals surface area contributed by atoms with Crippen LogP contribution in [0.2, 0.25) is 0 Å². The predicted molar refractivity (Wildman–Crippen MR) is 74.8 cm³/mol. The zero-order valence-electron chi connectivity index (χ0n) is 10.6. The number of amides is 2. The Balaban J connectivity index is 2.59. The molecular formula is C12H13BrN2O5. The van der Waals surface area contributed by atoms with Gasteiger partial charge in [0, 0.05) is 11.0 Å². The minimum atomic E-state index is -1.09. The molecular weight excluding hydrogens is 332 g/mol. The summed E-state index contributed by atoms with van der Waals surface area (Å²) < 4.78 is 4.97. The van der Waals surface area contributed by atoms with Crippen molar-refractivity contribution in [2.24, 2.45) is 0 Å². The molecule has 2 amide bonds. The Morgan fingerprint density at radius 3 is 2.65 bits per heavy atom. The second-order valence-corrected chi connectivity index (χ2v) is 4.56. The summed E-state index contributed by atoms with van der Waals surface area (Å²) in [6.07, 6.45) is 0.0558. The van der Waals surface area contributed by atoms with Crippen molar-refractivity contribution >= 4 is 39.6 Å². The fourth-order valence-electron chi connectivity index (χ4n) is 1.30. The van der Waals surface area contributed by atoms with Gasteiger partial charge in [-0.05, 0) is 34.1 Å². The highest BCUT2D eigenvalue weighted by Crippen LogP contribution is 2.23. The molecule has 7 nitrogen and oxygen atoms in total. The molecule has 0 aliphatic rings. The Hall–Kier alpha value is -2.09. The number of aromatic carboxylic acids is 1. The van der Waals surface area contributed by atoms with Crippen molar-refractivity contribution in [3.8, 4) is 0 Å². The largest absolute Gasteiger partial charge is 0.478 e. The molecule has 108 valence electrons. The third-order valence-corrected chi connectivity index (χ3v) is 3.00. The van der Waals surface area contributed by atoms with E-state index in [0.29, 0.717) is 10.2 Å². The van der Waals surface area contributed by atoms with E-state index in [9.17, 15) is 14.4 Å². The quantitative estimate of drug-likeness (QED) is 0.706. The summed E-state index contributed by atoms with van der Waals surface area (Å²) in [5.74, 6) is -1.52. The van der Waals surface area contributed by atoms with Gasteiger partial charge in [0.1, 0.15) is 0 Å². The van der Waals surface area contributed by atoms with E-state index in [0.717, 1.165) is 0 Å². The van der Waals surface area contributed by atoms with Gasteiger partial charge in [-0.2, -0.15) is 0 Å². The number of esters is 1. The van der Waals surface area contributed by atoms with E-state index in [2.05, 4.69) is 31.3 Å². The SMILES string of the molecule is COC(=O)CCNC(=O)Nc1cc(C(=O)O)ccc1Br. The Bertz CT molecular complexity index is 533. The number of anilines is 1. The molecule has 0 aromatic heterocycles. The van der Waals surface area contributed by atoms with Crippen LogP contribution in [-0.2, 0) is 9.53 Å². The second kappa shape index (κ2) is 7.49. The number of halogens is 1. The maximum atomic E-state index is 11.6. The maximum absolute atomic E-state index is 11.6. The van der Waals surface area contributed by atoms with Crippen molar-refractivity contribution in [1.29, 1.82) is 0 Å². The molecule has 0 unspecified atom stereocenters. The Kier molecular flexibility index (Phi) is 5.98. The number of benzene rings is 1. The number of nitrogens with one attached hydrogen (secondary N) is 2. The van der Waals surface area contributed by atoms with E-state index >= 15 is 0 Å². The number of rotatable bonds is 5. The van der Waals surface area contributed by atoms with Gasteiger partial charge in [-0.25, -0.2) is 9.59 Å². The van der Waals surface area contributed by atoms with Crippen LogP contribution < -0.4 is 10.6 Å². The fraction of sp³-hybridized carbons (Fsp3) is 0.250. The van der Waals surface area contributed by atoms with Crippen molar-refractivity contribution in [1.82, 2.24) is 5.32 Å². The standard InChI is InChI=1S/C12H13BrN2O5/c1-20-10(16)4-5-14-12(19)15-9-6-7(11(17)18)2-3-8(9)13/h2-3,6H,4-5H2,1H3,(H,17,18)(H2,14,15,19). The molecule has 1 aromatic carbocycles. The van der Waals surface area contributed by atoms with Crippen molar-refractivity contribution in [3.63, 3.8) is 0 Å². The zero-order chi connectivity index (χ0) is 15.1. The van der Waals surface area contributed by atoms with Gasteiger partial charge in [-0.1, -0.05) is 0 Å². The van der Waals surface area contributed by atoms with Crippen LogP contribution in [0.25, 0.3) is 0 Å². The number of hydrogen-bond acceptors (Lipinski definition) is 4. The van der Waals surface area contributed by atoms with Crippen LogP contribution in [0.3, 0.4) is 0 Å². The molecule has 0 saturated heterocycles. The van der Waals surface area contributed by atoms with Crippen LogP contribution in [0.5, 0.6) is 0 Å². The van der Waals surface area contributed by atoms with E-state index in [1.54, 1.807) is 0 Å². The average Bonchev–Trinajstić information content (AvgIpc) is 2.40. The Morgan fingerprint density at radius 1 is 1.35 bits per heavy atom. The average molecular weight is 345 g/mol. The monoisotopic (exact) mass is 344 g/mol. The molecule has 0 fully saturated rings. The van der Waals surface area contributed by atoms with Gasteiger partial charge in [0.15, 0.2) is 0 Å². The van der Waals surface area contributed by atoms with E-state index in [-0.39, 0.29) is 18.5 Å². The maximum Gasteiger partial charge on any atom is 0.335 e. The van der Waals surface area contributed by atoms with Crippen LogP contribution in [0.15, 0.2) is 22.7 Å². The topological polar surface area (TPSA) is 105 Å². The van der Waals surface area contributed by atoms with Crippen molar-refractivity contribution in [3.05, 3.63) is 28.2 Å². The molecule has 0 bridgehead atoms. The molecule has 3 N–H and O–H groups in total. The van der Waals surface area contributed by atoms with E-state index in [4.69, 9.17) is 5.11 Å². The van der Waals surface area contributed by atoms with Crippen molar-refractivity contribution in [2.75, 3.05) is 19.0 Å². The van der Waals surface area contributed by atoms with Gasteiger partial charge in [0.25, 0.3) is 0 Å². The molecule has 8 heteroatoms. The highest BCUT2D eigenvalue weighted by Gasteiger charge is 2.10. The lowest BCUT2D eigenvalue weighted by molar-refractivity contribution is -0.140. The summed E-state index contributed by atoms with van der Waals surface area (Å²) in [5.41, 5.74) is 0.374. The lowest BCUT2D eigenvalue weighted by Crippen LogP contribution is -2.31. The number of carbonyl (C=O) groups is 3. The third kappa shape index (κ3) is 4.88. The number of carboxylic acid groups (broad SMARTS) is 1. The van der Waals surface area contributed by atoms with Crippen LogP contribution >= 0.6 is 15.9 Å². The number of methoxy groups -OCH3 is 1. The normalized spacial score (nSPS) is 9.70. The van der Waals surface area contributed by atoms with Gasteiger partial charge in [0.05, 0.1) is 24.8 Å². The second-order valence-electron chi connectivity index (χ2n) is 3.71. The summed E-state index contributed by atoms with van der Waals surface area (Å²) in [7, 11) is 1.26. The first-order chi connectivity index (χ1) is 9.43. The Labute approximate surface area is 123 Å². The number of hydrogen-bond donors (Lipinski definition) is 3. The van der Waals surface area contributed by atoms with E-state index in [1.807, 2.05) is 0 Å². The summed E-state index contributed by atoms with van der Waals surface area (Å²) >= 11 is 3.20. The number of carbonyl (C=O) groups excluding carboxylic acids is 2. The van der Waals surface area contributed by atoms with Crippen LogP contribution in [0.4, 0.5) is 10.5 Å².